The predicted octanol–water partition coefficient (Wildman–Crippen LogP) is 4.84. The molecule has 3 N–H and O–H groups in total. The number of benzene rings is 2. The number of hydrogen-bond acceptors (Lipinski definition) is 8. The standard InChI is InChI=1S/C27H32N6O5/c1-4-33(5-2)17-22(11-12-28)38-27(35)30-15-19-7-6-8-20(13-19)31-26(34)32-21-9-10-23(24(14-21)36-3)25-16-29-18-37-25/h6-10,13-14,16,18,22H,4-5,11,15,17H2,1-3H3,(H,30,35)(H2,31,32,34)/t22-/m1/s1. The number of likely N-dealkylation sites (N-methyl/N-ethyl adjacent to an activating group) is 1. The Kier molecular flexibility index (Phi) is 10.5. The van der Waals surface area contributed by atoms with Gasteiger partial charge in [-0.3, -0.25) is 0 Å². The molecule has 1 aromatic heterocycles. The summed E-state index contributed by atoms with van der Waals surface area (Å²) in [5, 5.41) is 17.3. The zero-order valence-corrected chi connectivity index (χ0v) is 21.7. The molecule has 0 saturated heterocycles. The fourth-order valence-corrected chi connectivity index (χ4v) is 3.76. The maximum absolute atomic E-state index is 12.6. The third-order valence-corrected chi connectivity index (χ3v) is 5.73. The number of carbonyl (C=O) groups excluding carboxylic acids is 2. The van der Waals surface area contributed by atoms with E-state index in [1.807, 2.05) is 19.9 Å². The van der Waals surface area contributed by atoms with Gasteiger partial charge in [0.2, 0.25) is 0 Å². The molecule has 0 radical (unpaired) electrons. The van der Waals surface area contributed by atoms with Crippen molar-refractivity contribution in [2.45, 2.75) is 32.9 Å². The van der Waals surface area contributed by atoms with Crippen LogP contribution in [-0.2, 0) is 11.3 Å². The van der Waals surface area contributed by atoms with Crippen LogP contribution in [0.25, 0.3) is 11.3 Å². The molecule has 11 heteroatoms. The highest BCUT2D eigenvalue weighted by molar-refractivity contribution is 6.00. The molecule has 3 amide bonds. The molecule has 0 saturated carbocycles. The van der Waals surface area contributed by atoms with E-state index in [0.717, 1.165) is 18.7 Å². The van der Waals surface area contributed by atoms with Gasteiger partial charge in [0, 0.05) is 30.5 Å². The number of amides is 3. The molecule has 0 unspecified atom stereocenters. The Labute approximate surface area is 221 Å². The number of ether oxygens (including phenoxy) is 2. The number of aromatic nitrogens is 1. The lowest BCUT2D eigenvalue weighted by atomic mass is 10.1. The van der Waals surface area contributed by atoms with Crippen molar-refractivity contribution >= 4 is 23.5 Å². The van der Waals surface area contributed by atoms with E-state index in [-0.39, 0.29) is 13.0 Å². The van der Waals surface area contributed by atoms with E-state index in [0.29, 0.717) is 35.0 Å². The van der Waals surface area contributed by atoms with Crippen LogP contribution in [0.4, 0.5) is 21.0 Å². The minimum Gasteiger partial charge on any atom is -0.496 e. The maximum Gasteiger partial charge on any atom is 0.407 e. The lowest BCUT2D eigenvalue weighted by Gasteiger charge is -2.23. The Hall–Kier alpha value is -4.56. The smallest absolute Gasteiger partial charge is 0.407 e. The zero-order chi connectivity index (χ0) is 27.3. The molecule has 200 valence electrons. The van der Waals surface area contributed by atoms with Gasteiger partial charge < -0.3 is 34.7 Å². The summed E-state index contributed by atoms with van der Waals surface area (Å²) < 4.78 is 16.2. The number of oxazole rings is 1. The molecule has 0 aliphatic carbocycles. The summed E-state index contributed by atoms with van der Waals surface area (Å²) in [6.45, 7) is 6.33. The second kappa shape index (κ2) is 14.2. The number of rotatable bonds is 12. The molecular formula is C27H32N6O5. The number of nitriles is 1. The summed E-state index contributed by atoms with van der Waals surface area (Å²) in [5.41, 5.74) is 2.55. The van der Waals surface area contributed by atoms with Gasteiger partial charge in [0.05, 0.1) is 31.4 Å². The highest BCUT2D eigenvalue weighted by Crippen LogP contribution is 2.32. The van der Waals surface area contributed by atoms with Crippen molar-refractivity contribution in [2.75, 3.05) is 37.4 Å². The third-order valence-electron chi connectivity index (χ3n) is 5.73. The van der Waals surface area contributed by atoms with Crippen molar-refractivity contribution in [3.05, 3.63) is 60.6 Å². The fraction of sp³-hybridized carbons (Fsp3) is 0.333. The molecule has 0 aliphatic heterocycles. The molecule has 38 heavy (non-hydrogen) atoms. The Morgan fingerprint density at radius 1 is 1.13 bits per heavy atom. The van der Waals surface area contributed by atoms with E-state index in [2.05, 4.69) is 31.9 Å². The first-order valence-corrected chi connectivity index (χ1v) is 12.2. The first-order valence-electron chi connectivity index (χ1n) is 12.2. The van der Waals surface area contributed by atoms with Gasteiger partial charge in [-0.1, -0.05) is 26.0 Å². The molecule has 11 nitrogen and oxygen atoms in total. The van der Waals surface area contributed by atoms with Crippen molar-refractivity contribution in [2.24, 2.45) is 0 Å². The average Bonchev–Trinajstić information content (AvgIpc) is 3.45. The van der Waals surface area contributed by atoms with Crippen LogP contribution in [0.1, 0.15) is 25.8 Å². The summed E-state index contributed by atoms with van der Waals surface area (Å²) in [5.74, 6) is 1.07. The minimum atomic E-state index is -0.601. The largest absolute Gasteiger partial charge is 0.496 e. The van der Waals surface area contributed by atoms with Crippen LogP contribution in [0, 0.1) is 11.3 Å². The van der Waals surface area contributed by atoms with Crippen LogP contribution in [0.3, 0.4) is 0 Å². The van der Waals surface area contributed by atoms with Gasteiger partial charge in [0.15, 0.2) is 12.2 Å². The topological polar surface area (TPSA) is 142 Å². The first-order chi connectivity index (χ1) is 18.4. The van der Waals surface area contributed by atoms with Crippen LogP contribution in [0.5, 0.6) is 5.75 Å². The number of methoxy groups -OCH3 is 1. The molecule has 0 fully saturated rings. The van der Waals surface area contributed by atoms with Crippen LogP contribution in [0.2, 0.25) is 0 Å². The number of carbonyl (C=O) groups is 2. The van der Waals surface area contributed by atoms with Crippen LogP contribution in [-0.4, -0.2) is 54.9 Å². The Morgan fingerprint density at radius 3 is 2.55 bits per heavy atom. The molecule has 3 aromatic rings. The van der Waals surface area contributed by atoms with E-state index < -0.39 is 18.2 Å². The lowest BCUT2D eigenvalue weighted by Crippen LogP contribution is -2.37. The first kappa shape index (κ1) is 28.0. The molecular weight excluding hydrogens is 488 g/mol. The lowest BCUT2D eigenvalue weighted by molar-refractivity contribution is 0.0744. The SMILES string of the molecule is CCN(CC)C[C@@H](CC#N)OC(=O)NCc1cccc(NC(=O)Nc2ccc(-c3cnco3)c(OC)c2)c1. The van der Waals surface area contributed by atoms with Crippen LogP contribution in [0.15, 0.2) is 59.5 Å². The van der Waals surface area contributed by atoms with E-state index >= 15 is 0 Å². The molecule has 0 aliphatic rings. The van der Waals surface area contributed by atoms with Gasteiger partial charge in [0.1, 0.15) is 11.9 Å². The van der Waals surface area contributed by atoms with Gasteiger partial charge >= 0.3 is 12.1 Å². The minimum absolute atomic E-state index is 0.118. The third kappa shape index (κ3) is 8.25. The Bertz CT molecular complexity index is 1240. The molecule has 0 bridgehead atoms. The average molecular weight is 521 g/mol. The van der Waals surface area contributed by atoms with E-state index in [4.69, 9.17) is 19.2 Å². The normalized spacial score (nSPS) is 11.3. The highest BCUT2D eigenvalue weighted by Gasteiger charge is 2.17. The van der Waals surface area contributed by atoms with Crippen LogP contribution < -0.4 is 20.7 Å². The summed E-state index contributed by atoms with van der Waals surface area (Å²) >= 11 is 0. The van der Waals surface area contributed by atoms with Crippen molar-refractivity contribution in [3.8, 4) is 23.1 Å². The van der Waals surface area contributed by atoms with Gasteiger partial charge in [-0.05, 0) is 42.9 Å². The number of hydrogen-bond donors (Lipinski definition) is 3. The number of anilines is 2. The fourth-order valence-electron chi connectivity index (χ4n) is 3.76. The Morgan fingerprint density at radius 2 is 1.89 bits per heavy atom. The van der Waals surface area contributed by atoms with E-state index in [1.54, 1.807) is 42.6 Å². The summed E-state index contributed by atoms with van der Waals surface area (Å²) in [7, 11) is 1.53. The van der Waals surface area contributed by atoms with Gasteiger partial charge in [-0.25, -0.2) is 14.6 Å². The van der Waals surface area contributed by atoms with E-state index in [9.17, 15) is 9.59 Å². The van der Waals surface area contributed by atoms with Gasteiger partial charge in [-0.15, -0.1) is 0 Å². The van der Waals surface area contributed by atoms with Crippen molar-refractivity contribution < 1.29 is 23.5 Å². The number of nitrogens with zero attached hydrogens (tertiary/aromatic N) is 3. The quantitative estimate of drug-likeness (QED) is 0.308. The number of nitrogens with one attached hydrogen (secondary N) is 3. The van der Waals surface area contributed by atoms with Gasteiger partial charge in [0.25, 0.3) is 0 Å². The highest BCUT2D eigenvalue weighted by atomic mass is 16.6. The maximum atomic E-state index is 12.6. The number of urea groups is 1. The number of alkyl carbamates (subject to hydrolysis) is 1. The monoisotopic (exact) mass is 520 g/mol. The summed E-state index contributed by atoms with van der Waals surface area (Å²) in [4.78, 5) is 30.9. The molecule has 1 heterocycles. The van der Waals surface area contributed by atoms with Crippen molar-refractivity contribution in [3.63, 3.8) is 0 Å². The summed E-state index contributed by atoms with van der Waals surface area (Å²) in [6, 6.07) is 13.9. The van der Waals surface area contributed by atoms with Gasteiger partial charge in [-0.2, -0.15) is 5.26 Å². The summed E-state index contributed by atoms with van der Waals surface area (Å²) in [6.07, 6.45) is 1.92. The van der Waals surface area contributed by atoms with Crippen molar-refractivity contribution in [1.29, 1.82) is 5.26 Å². The van der Waals surface area contributed by atoms with Crippen LogP contribution >= 0.6 is 0 Å². The molecule has 3 rings (SSSR count). The second-order valence-corrected chi connectivity index (χ2v) is 8.29. The molecule has 0 spiro atoms. The Balaban J connectivity index is 1.54. The molecule has 1 atom stereocenters. The predicted molar refractivity (Wildman–Crippen MR) is 143 cm³/mol. The van der Waals surface area contributed by atoms with E-state index in [1.165, 1.54) is 13.5 Å². The van der Waals surface area contributed by atoms with Crippen molar-refractivity contribution in [1.82, 2.24) is 15.2 Å². The zero-order valence-electron chi connectivity index (χ0n) is 21.7. The molecule has 2 aromatic carbocycles. The second-order valence-electron chi connectivity index (χ2n) is 8.29.